The van der Waals surface area contributed by atoms with E-state index in [1.807, 2.05) is 37.3 Å². The third-order valence-electron chi connectivity index (χ3n) is 3.55. The molecule has 2 aromatic carbocycles. The summed E-state index contributed by atoms with van der Waals surface area (Å²) in [4.78, 5) is 11.6. The third kappa shape index (κ3) is 3.70. The summed E-state index contributed by atoms with van der Waals surface area (Å²) in [7, 11) is 0. The van der Waals surface area contributed by atoms with E-state index in [2.05, 4.69) is 18.2 Å². The minimum atomic E-state index is -0.340. The summed E-state index contributed by atoms with van der Waals surface area (Å²) in [5.41, 5.74) is 10.6. The Hall–Kier alpha value is -2.13. The van der Waals surface area contributed by atoms with E-state index < -0.39 is 0 Å². The van der Waals surface area contributed by atoms with Crippen LogP contribution in [-0.4, -0.2) is 12.6 Å². The molecule has 0 amide bonds. The fourth-order valence-electron chi connectivity index (χ4n) is 2.50. The van der Waals surface area contributed by atoms with Crippen LogP contribution in [0.1, 0.15) is 30.5 Å². The Bertz CT molecular complexity index is 608. The van der Waals surface area contributed by atoms with Crippen LogP contribution in [-0.2, 0) is 9.53 Å². The Balaban J connectivity index is 2.28. The minimum Gasteiger partial charge on any atom is -0.466 e. The van der Waals surface area contributed by atoms with Crippen LogP contribution < -0.4 is 5.73 Å². The van der Waals surface area contributed by atoms with E-state index >= 15 is 0 Å². The van der Waals surface area contributed by atoms with Crippen molar-refractivity contribution in [1.82, 2.24) is 0 Å². The van der Waals surface area contributed by atoms with Crippen molar-refractivity contribution in [2.75, 3.05) is 6.61 Å². The van der Waals surface area contributed by atoms with Gasteiger partial charge in [-0.05, 0) is 36.1 Å². The van der Waals surface area contributed by atoms with Gasteiger partial charge in [-0.15, -0.1) is 0 Å². The zero-order valence-electron chi connectivity index (χ0n) is 12.5. The Morgan fingerprint density at radius 1 is 1.14 bits per heavy atom. The van der Waals surface area contributed by atoms with Crippen LogP contribution in [0.25, 0.3) is 11.1 Å². The molecule has 2 N–H and O–H groups in total. The molecule has 2 rings (SSSR count). The summed E-state index contributed by atoms with van der Waals surface area (Å²) < 4.78 is 4.97. The van der Waals surface area contributed by atoms with Crippen molar-refractivity contribution < 1.29 is 9.53 Å². The Labute approximate surface area is 125 Å². The zero-order valence-corrected chi connectivity index (χ0v) is 12.5. The molecular formula is C18H21NO2. The third-order valence-corrected chi connectivity index (χ3v) is 3.55. The molecule has 1 atom stereocenters. The van der Waals surface area contributed by atoms with Gasteiger partial charge in [-0.3, -0.25) is 4.79 Å². The van der Waals surface area contributed by atoms with E-state index in [1.54, 1.807) is 6.92 Å². The molecule has 0 bridgehead atoms. The number of hydrogen-bond acceptors (Lipinski definition) is 3. The summed E-state index contributed by atoms with van der Waals surface area (Å²) in [6, 6.07) is 15.9. The van der Waals surface area contributed by atoms with Crippen LogP contribution >= 0.6 is 0 Å². The van der Waals surface area contributed by atoms with E-state index in [0.29, 0.717) is 6.61 Å². The van der Waals surface area contributed by atoms with Crippen LogP contribution in [0.15, 0.2) is 48.5 Å². The van der Waals surface area contributed by atoms with Gasteiger partial charge < -0.3 is 10.5 Å². The monoisotopic (exact) mass is 283 g/mol. The Morgan fingerprint density at radius 3 is 2.52 bits per heavy atom. The molecule has 3 nitrogen and oxygen atoms in total. The van der Waals surface area contributed by atoms with Crippen molar-refractivity contribution in [3.63, 3.8) is 0 Å². The van der Waals surface area contributed by atoms with Gasteiger partial charge in [0.2, 0.25) is 0 Å². The van der Waals surface area contributed by atoms with Crippen molar-refractivity contribution in [2.45, 2.75) is 26.3 Å². The van der Waals surface area contributed by atoms with Gasteiger partial charge >= 0.3 is 5.97 Å². The highest BCUT2D eigenvalue weighted by Gasteiger charge is 2.16. The fraction of sp³-hybridized carbons (Fsp3) is 0.278. The summed E-state index contributed by atoms with van der Waals surface area (Å²) in [6.45, 7) is 4.22. The summed E-state index contributed by atoms with van der Waals surface area (Å²) in [5, 5.41) is 0. The first-order chi connectivity index (χ1) is 10.1. The van der Waals surface area contributed by atoms with Crippen molar-refractivity contribution in [1.29, 1.82) is 0 Å². The highest BCUT2D eigenvalue weighted by molar-refractivity contribution is 5.72. The standard InChI is InChI=1S/C18H21NO2/c1-3-21-18(20)12-17(19)16-11-7-10-15(13(16)2)14-8-5-4-6-9-14/h4-11,17H,3,12,19H2,1-2H3. The Morgan fingerprint density at radius 2 is 1.86 bits per heavy atom. The average Bonchev–Trinajstić information content (AvgIpc) is 2.48. The number of hydrogen-bond donors (Lipinski definition) is 1. The van der Waals surface area contributed by atoms with Gasteiger partial charge in [0.25, 0.3) is 0 Å². The van der Waals surface area contributed by atoms with E-state index in [4.69, 9.17) is 10.5 Å². The van der Waals surface area contributed by atoms with Gasteiger partial charge in [0.15, 0.2) is 0 Å². The van der Waals surface area contributed by atoms with E-state index in [1.165, 1.54) is 0 Å². The molecule has 0 saturated carbocycles. The lowest BCUT2D eigenvalue weighted by Gasteiger charge is -2.17. The lowest BCUT2D eigenvalue weighted by atomic mass is 9.92. The molecule has 0 saturated heterocycles. The molecule has 0 fully saturated rings. The smallest absolute Gasteiger partial charge is 0.307 e. The van der Waals surface area contributed by atoms with Crippen molar-refractivity contribution in [2.24, 2.45) is 5.73 Å². The zero-order chi connectivity index (χ0) is 15.2. The van der Waals surface area contributed by atoms with Crippen molar-refractivity contribution >= 4 is 5.97 Å². The lowest BCUT2D eigenvalue weighted by molar-refractivity contribution is -0.143. The topological polar surface area (TPSA) is 52.3 Å². The van der Waals surface area contributed by atoms with Gasteiger partial charge in [-0.25, -0.2) is 0 Å². The van der Waals surface area contributed by atoms with Gasteiger partial charge in [0, 0.05) is 6.04 Å². The maximum absolute atomic E-state index is 11.6. The normalized spacial score (nSPS) is 12.0. The number of rotatable bonds is 5. The second-order valence-electron chi connectivity index (χ2n) is 5.00. The average molecular weight is 283 g/mol. The fourth-order valence-corrected chi connectivity index (χ4v) is 2.50. The first-order valence-electron chi connectivity index (χ1n) is 7.19. The van der Waals surface area contributed by atoms with Gasteiger partial charge in [0.05, 0.1) is 13.0 Å². The molecule has 0 heterocycles. The second kappa shape index (κ2) is 7.04. The minimum absolute atomic E-state index is 0.201. The first kappa shape index (κ1) is 15.3. The summed E-state index contributed by atoms with van der Waals surface area (Å²) >= 11 is 0. The molecule has 21 heavy (non-hydrogen) atoms. The predicted octanol–water partition coefficient (Wildman–Crippen LogP) is 3.62. The van der Waals surface area contributed by atoms with Crippen LogP contribution in [0.3, 0.4) is 0 Å². The summed E-state index contributed by atoms with van der Waals surface area (Å²) in [6.07, 6.45) is 0.201. The quantitative estimate of drug-likeness (QED) is 0.853. The SMILES string of the molecule is CCOC(=O)CC(N)c1cccc(-c2ccccc2)c1C. The number of ether oxygens (including phenoxy) is 1. The predicted molar refractivity (Wildman–Crippen MR) is 84.8 cm³/mol. The van der Waals surface area contributed by atoms with Crippen LogP contribution in [0, 0.1) is 6.92 Å². The van der Waals surface area contributed by atoms with Crippen LogP contribution in [0.5, 0.6) is 0 Å². The summed E-state index contributed by atoms with van der Waals surface area (Å²) in [5.74, 6) is -0.255. The molecule has 0 spiro atoms. The molecule has 2 aromatic rings. The van der Waals surface area contributed by atoms with Crippen LogP contribution in [0.4, 0.5) is 0 Å². The molecule has 3 heteroatoms. The number of carbonyl (C=O) groups is 1. The van der Waals surface area contributed by atoms with E-state index in [0.717, 1.165) is 22.3 Å². The number of carbonyl (C=O) groups excluding carboxylic acids is 1. The van der Waals surface area contributed by atoms with Gasteiger partial charge in [0.1, 0.15) is 0 Å². The maximum Gasteiger partial charge on any atom is 0.307 e. The van der Waals surface area contributed by atoms with E-state index in [-0.39, 0.29) is 18.4 Å². The van der Waals surface area contributed by atoms with Crippen molar-refractivity contribution in [3.8, 4) is 11.1 Å². The molecule has 0 aliphatic heterocycles. The Kier molecular flexibility index (Phi) is 5.12. The highest BCUT2D eigenvalue weighted by Crippen LogP contribution is 2.29. The lowest BCUT2D eigenvalue weighted by Crippen LogP contribution is -2.18. The molecule has 1 unspecified atom stereocenters. The number of nitrogens with two attached hydrogens (primary N) is 1. The first-order valence-corrected chi connectivity index (χ1v) is 7.19. The van der Waals surface area contributed by atoms with Crippen molar-refractivity contribution in [3.05, 3.63) is 59.7 Å². The molecule has 0 aromatic heterocycles. The van der Waals surface area contributed by atoms with Gasteiger partial charge in [-0.2, -0.15) is 0 Å². The molecule has 0 radical (unpaired) electrons. The molecule has 110 valence electrons. The second-order valence-corrected chi connectivity index (χ2v) is 5.00. The number of benzene rings is 2. The molecular weight excluding hydrogens is 262 g/mol. The molecule has 0 aliphatic rings. The highest BCUT2D eigenvalue weighted by atomic mass is 16.5. The van der Waals surface area contributed by atoms with Crippen LogP contribution in [0.2, 0.25) is 0 Å². The largest absolute Gasteiger partial charge is 0.466 e. The van der Waals surface area contributed by atoms with Gasteiger partial charge in [-0.1, -0.05) is 48.5 Å². The molecule has 0 aliphatic carbocycles. The number of esters is 1. The van der Waals surface area contributed by atoms with E-state index in [9.17, 15) is 4.79 Å². The maximum atomic E-state index is 11.6.